The number of imidazole rings is 1. The number of rotatable bonds is 5. The molecule has 4 nitrogen and oxygen atoms in total. The molecule has 84 valence electrons. The van der Waals surface area contributed by atoms with Crippen LogP contribution in [0, 0.1) is 0 Å². The second kappa shape index (κ2) is 4.35. The Balaban J connectivity index is 1.58. The molecule has 0 aromatic carbocycles. The van der Waals surface area contributed by atoms with Crippen molar-refractivity contribution in [2.24, 2.45) is 0 Å². The Morgan fingerprint density at radius 2 is 2.38 bits per heavy atom. The van der Waals surface area contributed by atoms with E-state index in [9.17, 15) is 0 Å². The average molecular weight is 234 g/mol. The van der Waals surface area contributed by atoms with Gasteiger partial charge in [-0.3, -0.25) is 0 Å². The summed E-state index contributed by atoms with van der Waals surface area (Å²) in [7, 11) is 0. The van der Waals surface area contributed by atoms with Crippen molar-refractivity contribution in [2.45, 2.75) is 32.0 Å². The zero-order chi connectivity index (χ0) is 10.8. The third-order valence-corrected chi connectivity index (χ3v) is 3.40. The van der Waals surface area contributed by atoms with Gasteiger partial charge >= 0.3 is 0 Å². The van der Waals surface area contributed by atoms with Crippen molar-refractivity contribution < 1.29 is 0 Å². The highest BCUT2D eigenvalue weighted by atomic mass is 32.1. The van der Waals surface area contributed by atoms with E-state index < -0.39 is 0 Å². The topological polar surface area (TPSA) is 42.7 Å². The summed E-state index contributed by atoms with van der Waals surface area (Å²) < 4.78 is 2.09. The van der Waals surface area contributed by atoms with Crippen LogP contribution in [0.15, 0.2) is 24.1 Å². The quantitative estimate of drug-likeness (QED) is 0.855. The molecule has 0 unspecified atom stereocenters. The van der Waals surface area contributed by atoms with Crippen LogP contribution >= 0.6 is 11.3 Å². The summed E-state index contributed by atoms with van der Waals surface area (Å²) in [5.74, 6) is 0. The minimum absolute atomic E-state index is 0.740. The molecule has 1 fully saturated rings. The molecule has 2 heterocycles. The highest BCUT2D eigenvalue weighted by Gasteiger charge is 2.20. The van der Waals surface area contributed by atoms with Crippen LogP contribution in [-0.2, 0) is 13.1 Å². The fraction of sp³-hybridized carbons (Fsp3) is 0.455. The summed E-state index contributed by atoms with van der Waals surface area (Å²) in [4.78, 5) is 8.63. The number of aromatic nitrogens is 3. The van der Waals surface area contributed by atoms with Gasteiger partial charge in [0.15, 0.2) is 0 Å². The molecule has 2 aromatic rings. The molecule has 16 heavy (non-hydrogen) atoms. The van der Waals surface area contributed by atoms with Crippen molar-refractivity contribution in [3.63, 3.8) is 0 Å². The van der Waals surface area contributed by atoms with E-state index in [2.05, 4.69) is 26.0 Å². The summed E-state index contributed by atoms with van der Waals surface area (Å²) in [6, 6.07) is 0.740. The molecule has 1 saturated carbocycles. The minimum Gasteiger partial charge on any atom is -0.330 e. The van der Waals surface area contributed by atoms with E-state index in [1.165, 1.54) is 12.8 Å². The second-order valence-electron chi connectivity index (χ2n) is 4.12. The van der Waals surface area contributed by atoms with Crippen molar-refractivity contribution in [1.82, 2.24) is 19.9 Å². The van der Waals surface area contributed by atoms with Gasteiger partial charge in [0.05, 0.1) is 18.6 Å². The predicted octanol–water partition coefficient (Wildman–Crippen LogP) is 1.64. The van der Waals surface area contributed by atoms with E-state index in [0.717, 1.165) is 29.8 Å². The lowest BCUT2D eigenvalue weighted by atomic mass is 10.4. The molecule has 0 aliphatic heterocycles. The molecule has 0 saturated heterocycles. The van der Waals surface area contributed by atoms with E-state index >= 15 is 0 Å². The van der Waals surface area contributed by atoms with E-state index in [-0.39, 0.29) is 0 Å². The summed E-state index contributed by atoms with van der Waals surface area (Å²) >= 11 is 1.68. The largest absolute Gasteiger partial charge is 0.330 e. The fourth-order valence-corrected chi connectivity index (χ4v) is 2.23. The first kappa shape index (κ1) is 9.99. The SMILES string of the molecule is c1csc(Cn2cnc(CNC3CC3)c2)n1. The van der Waals surface area contributed by atoms with Crippen LogP contribution < -0.4 is 5.32 Å². The van der Waals surface area contributed by atoms with E-state index in [1.54, 1.807) is 11.3 Å². The highest BCUT2D eigenvalue weighted by molar-refractivity contribution is 7.09. The summed E-state index contributed by atoms with van der Waals surface area (Å²) in [5, 5.41) is 6.58. The first-order valence-electron chi connectivity index (χ1n) is 5.52. The number of nitrogens with zero attached hydrogens (tertiary/aromatic N) is 3. The Bertz CT molecular complexity index is 444. The van der Waals surface area contributed by atoms with E-state index in [0.29, 0.717) is 0 Å². The van der Waals surface area contributed by atoms with Gasteiger partial charge in [-0.2, -0.15) is 0 Å². The molecule has 0 bridgehead atoms. The molecule has 0 amide bonds. The Hall–Kier alpha value is -1.20. The standard InChI is InChI=1S/C11H14N4S/c1-2-9(1)13-5-10-6-15(8-14-10)7-11-12-3-4-16-11/h3-4,6,8-9,13H,1-2,5,7H2. The smallest absolute Gasteiger partial charge is 0.112 e. The minimum atomic E-state index is 0.740. The van der Waals surface area contributed by atoms with Crippen LogP contribution in [0.2, 0.25) is 0 Å². The third kappa shape index (κ3) is 2.48. The number of hydrogen-bond donors (Lipinski definition) is 1. The summed E-state index contributed by atoms with van der Waals surface area (Å²) in [6.07, 6.45) is 8.45. The van der Waals surface area contributed by atoms with Crippen LogP contribution in [0.4, 0.5) is 0 Å². The van der Waals surface area contributed by atoms with Gasteiger partial charge in [-0.15, -0.1) is 11.3 Å². The maximum atomic E-state index is 4.37. The second-order valence-corrected chi connectivity index (χ2v) is 5.10. The number of thiazole rings is 1. The maximum absolute atomic E-state index is 4.37. The van der Waals surface area contributed by atoms with Gasteiger partial charge in [-0.05, 0) is 12.8 Å². The predicted molar refractivity (Wildman–Crippen MR) is 63.3 cm³/mol. The van der Waals surface area contributed by atoms with Crippen molar-refractivity contribution in [2.75, 3.05) is 0 Å². The van der Waals surface area contributed by atoms with Gasteiger partial charge < -0.3 is 9.88 Å². The van der Waals surface area contributed by atoms with Gasteiger partial charge in [0.25, 0.3) is 0 Å². The lowest BCUT2D eigenvalue weighted by molar-refractivity contribution is 0.676. The summed E-state index contributed by atoms with van der Waals surface area (Å²) in [5.41, 5.74) is 1.11. The molecule has 1 aliphatic carbocycles. The Labute approximate surface area is 98.4 Å². The number of hydrogen-bond acceptors (Lipinski definition) is 4. The van der Waals surface area contributed by atoms with Crippen molar-refractivity contribution in [1.29, 1.82) is 0 Å². The van der Waals surface area contributed by atoms with E-state index in [4.69, 9.17) is 0 Å². The summed E-state index contributed by atoms with van der Waals surface area (Å²) in [6.45, 7) is 1.71. The monoisotopic (exact) mass is 234 g/mol. The van der Waals surface area contributed by atoms with Crippen molar-refractivity contribution in [3.8, 4) is 0 Å². The average Bonchev–Trinajstić information content (AvgIpc) is 2.78. The normalized spacial score (nSPS) is 15.5. The fourth-order valence-electron chi connectivity index (χ4n) is 1.61. The van der Waals surface area contributed by atoms with Crippen molar-refractivity contribution >= 4 is 11.3 Å². The highest BCUT2D eigenvalue weighted by Crippen LogP contribution is 2.19. The van der Waals surface area contributed by atoms with Crippen molar-refractivity contribution in [3.05, 3.63) is 34.8 Å². The van der Waals surface area contributed by atoms with Crippen LogP contribution in [0.1, 0.15) is 23.5 Å². The molecule has 3 rings (SSSR count). The van der Waals surface area contributed by atoms with Crippen LogP contribution in [0.5, 0.6) is 0 Å². The molecule has 1 aliphatic rings. The third-order valence-electron chi connectivity index (χ3n) is 2.64. The van der Waals surface area contributed by atoms with Crippen LogP contribution in [0.3, 0.4) is 0 Å². The molecule has 0 spiro atoms. The zero-order valence-electron chi connectivity index (χ0n) is 8.97. The van der Waals surface area contributed by atoms with Gasteiger partial charge in [0.1, 0.15) is 5.01 Å². The molecular weight excluding hydrogens is 220 g/mol. The molecule has 0 radical (unpaired) electrons. The molecule has 5 heteroatoms. The Morgan fingerprint density at radius 3 is 3.12 bits per heavy atom. The van der Waals surface area contributed by atoms with Gasteiger partial charge in [0.2, 0.25) is 0 Å². The van der Waals surface area contributed by atoms with Crippen LogP contribution in [0.25, 0.3) is 0 Å². The lowest BCUT2D eigenvalue weighted by Gasteiger charge is -1.98. The number of nitrogens with one attached hydrogen (secondary N) is 1. The lowest BCUT2D eigenvalue weighted by Crippen LogP contribution is -2.15. The van der Waals surface area contributed by atoms with Gasteiger partial charge in [0, 0.05) is 30.4 Å². The van der Waals surface area contributed by atoms with Crippen LogP contribution in [-0.4, -0.2) is 20.6 Å². The first-order valence-corrected chi connectivity index (χ1v) is 6.40. The Kier molecular flexibility index (Phi) is 2.71. The zero-order valence-corrected chi connectivity index (χ0v) is 9.78. The first-order chi connectivity index (χ1) is 7.90. The van der Waals surface area contributed by atoms with Gasteiger partial charge in [-0.25, -0.2) is 9.97 Å². The molecule has 1 N–H and O–H groups in total. The maximum Gasteiger partial charge on any atom is 0.112 e. The Morgan fingerprint density at radius 1 is 1.44 bits per heavy atom. The molecule has 2 aromatic heterocycles. The van der Waals surface area contributed by atoms with E-state index in [1.807, 2.05) is 17.9 Å². The molecule has 0 atom stereocenters. The molecular formula is C11H14N4S. The van der Waals surface area contributed by atoms with Gasteiger partial charge in [-0.1, -0.05) is 0 Å².